The Morgan fingerprint density at radius 1 is 1.33 bits per heavy atom. The first kappa shape index (κ1) is 18.7. The average Bonchev–Trinajstić information content (AvgIpc) is 3.22. The number of aromatic nitrogens is 1. The molecular formula is C18H18N4O4S. The molecule has 0 spiro atoms. The maximum Gasteiger partial charge on any atom is 0.277 e. The monoisotopic (exact) mass is 386 g/mol. The summed E-state index contributed by atoms with van der Waals surface area (Å²) in [5.41, 5.74) is 2.27. The molecule has 27 heavy (non-hydrogen) atoms. The molecule has 0 radical (unpaired) electrons. The van der Waals surface area contributed by atoms with Crippen LogP contribution >= 0.6 is 11.3 Å². The molecule has 2 aromatic rings. The Hall–Kier alpha value is -3.04. The van der Waals surface area contributed by atoms with Gasteiger partial charge < -0.3 is 15.7 Å². The predicted molar refractivity (Wildman–Crippen MR) is 102 cm³/mol. The molecule has 0 bridgehead atoms. The minimum absolute atomic E-state index is 0.0372. The predicted octanol–water partition coefficient (Wildman–Crippen LogP) is 1.82. The van der Waals surface area contributed by atoms with Crippen LogP contribution in [0.15, 0.2) is 41.4 Å². The van der Waals surface area contributed by atoms with Gasteiger partial charge in [0.25, 0.3) is 11.8 Å². The van der Waals surface area contributed by atoms with Gasteiger partial charge in [-0.3, -0.25) is 19.3 Å². The van der Waals surface area contributed by atoms with Crippen LogP contribution in [0.25, 0.3) is 11.3 Å². The van der Waals surface area contributed by atoms with Gasteiger partial charge in [0.05, 0.1) is 18.8 Å². The van der Waals surface area contributed by atoms with E-state index in [2.05, 4.69) is 15.6 Å². The summed E-state index contributed by atoms with van der Waals surface area (Å²) in [4.78, 5) is 40.9. The second kappa shape index (κ2) is 8.11. The lowest BCUT2D eigenvalue weighted by molar-refractivity contribution is -0.137. The van der Waals surface area contributed by atoms with Crippen molar-refractivity contribution in [3.63, 3.8) is 0 Å². The van der Waals surface area contributed by atoms with E-state index in [0.717, 1.165) is 10.5 Å². The Morgan fingerprint density at radius 2 is 2.15 bits per heavy atom. The second-order valence-corrected chi connectivity index (χ2v) is 6.58. The molecule has 1 aromatic carbocycles. The van der Waals surface area contributed by atoms with Gasteiger partial charge in [-0.05, 0) is 12.1 Å². The van der Waals surface area contributed by atoms with E-state index in [9.17, 15) is 14.4 Å². The van der Waals surface area contributed by atoms with Crippen molar-refractivity contribution >= 4 is 39.9 Å². The first-order valence-corrected chi connectivity index (χ1v) is 9.21. The van der Waals surface area contributed by atoms with Gasteiger partial charge in [0.2, 0.25) is 5.91 Å². The lowest BCUT2D eigenvalue weighted by Crippen LogP contribution is -2.34. The number of hydrogen-bond donors (Lipinski definition) is 3. The van der Waals surface area contributed by atoms with Crippen LogP contribution in [0, 0.1) is 0 Å². The highest BCUT2D eigenvalue weighted by Gasteiger charge is 2.30. The summed E-state index contributed by atoms with van der Waals surface area (Å²) in [6, 6.07) is 7.23. The highest BCUT2D eigenvalue weighted by Crippen LogP contribution is 2.27. The van der Waals surface area contributed by atoms with Crippen LogP contribution in [0.4, 0.5) is 10.8 Å². The number of benzene rings is 1. The summed E-state index contributed by atoms with van der Waals surface area (Å²) in [5, 5.41) is 17.0. The van der Waals surface area contributed by atoms with Gasteiger partial charge in [0, 0.05) is 29.1 Å². The fraction of sp³-hybridized carbons (Fsp3) is 0.222. The summed E-state index contributed by atoms with van der Waals surface area (Å²) < 4.78 is 0. The highest BCUT2D eigenvalue weighted by molar-refractivity contribution is 7.14. The van der Waals surface area contributed by atoms with Gasteiger partial charge in [-0.25, -0.2) is 4.98 Å². The quantitative estimate of drug-likeness (QED) is 0.626. The topological polar surface area (TPSA) is 112 Å². The molecule has 140 valence electrons. The fourth-order valence-corrected chi connectivity index (χ4v) is 3.23. The van der Waals surface area contributed by atoms with E-state index >= 15 is 0 Å². The van der Waals surface area contributed by atoms with Crippen molar-refractivity contribution in [3.8, 4) is 11.3 Å². The minimum atomic E-state index is -0.474. The van der Waals surface area contributed by atoms with Crippen molar-refractivity contribution in [1.82, 2.24) is 9.88 Å². The number of rotatable bonds is 7. The third-order valence-electron chi connectivity index (χ3n) is 3.84. The summed E-state index contributed by atoms with van der Waals surface area (Å²) in [6.07, 6.45) is 1.59. The number of nitrogens with zero attached hydrogens (tertiary/aromatic N) is 2. The molecular weight excluding hydrogens is 368 g/mol. The smallest absolute Gasteiger partial charge is 0.277 e. The van der Waals surface area contributed by atoms with Crippen molar-refractivity contribution in [2.24, 2.45) is 0 Å². The number of nitrogens with one attached hydrogen (secondary N) is 2. The number of imide groups is 1. The van der Waals surface area contributed by atoms with Gasteiger partial charge in [-0.15, -0.1) is 11.3 Å². The van der Waals surface area contributed by atoms with Crippen LogP contribution in [0.3, 0.4) is 0 Å². The Morgan fingerprint density at radius 3 is 2.89 bits per heavy atom. The van der Waals surface area contributed by atoms with Crippen molar-refractivity contribution in [3.05, 3.63) is 41.4 Å². The first-order valence-electron chi connectivity index (χ1n) is 8.33. The van der Waals surface area contributed by atoms with Crippen molar-refractivity contribution in [2.75, 3.05) is 23.8 Å². The van der Waals surface area contributed by atoms with Crippen LogP contribution in [-0.2, 0) is 14.4 Å². The molecule has 3 rings (SSSR count). The van der Waals surface area contributed by atoms with Gasteiger partial charge >= 0.3 is 0 Å². The van der Waals surface area contributed by atoms with Gasteiger partial charge in [-0.1, -0.05) is 19.1 Å². The highest BCUT2D eigenvalue weighted by atomic mass is 32.1. The summed E-state index contributed by atoms with van der Waals surface area (Å²) in [7, 11) is 0. The third kappa shape index (κ3) is 4.21. The molecule has 1 aliphatic rings. The van der Waals surface area contributed by atoms with E-state index < -0.39 is 11.8 Å². The molecule has 1 aliphatic heterocycles. The Labute approximate surface area is 159 Å². The zero-order valence-corrected chi connectivity index (χ0v) is 15.4. The Kier molecular flexibility index (Phi) is 5.63. The minimum Gasteiger partial charge on any atom is -0.395 e. The van der Waals surface area contributed by atoms with Gasteiger partial charge in [-0.2, -0.15) is 0 Å². The number of thiazole rings is 1. The first-order chi connectivity index (χ1) is 13.0. The molecule has 3 amide bonds. The zero-order valence-electron chi connectivity index (χ0n) is 14.6. The molecule has 8 nitrogen and oxygen atoms in total. The fourth-order valence-electron chi connectivity index (χ4n) is 2.49. The maximum absolute atomic E-state index is 12.2. The van der Waals surface area contributed by atoms with Crippen LogP contribution in [0.2, 0.25) is 0 Å². The number of amides is 3. The lowest BCUT2D eigenvalue weighted by Gasteiger charge is -2.13. The number of aliphatic hydroxyl groups is 1. The standard InChI is InChI=1S/C18H18N4O4S/c1-2-15(24)21-18-20-14(10-27-18)11-4-3-5-12(8-11)19-13-9-16(25)22(6-7-23)17(13)26/h3-5,8-10,19,23H,2,6-7H2,1H3,(H,20,21,24). The SMILES string of the molecule is CCC(=O)Nc1nc(-c2cccc(NC3=CC(=O)N(CCO)C3=O)c2)cs1. The zero-order chi connectivity index (χ0) is 19.4. The van der Waals surface area contributed by atoms with Crippen molar-refractivity contribution in [1.29, 1.82) is 0 Å². The molecule has 3 N–H and O–H groups in total. The molecule has 1 aromatic heterocycles. The number of hydrogen-bond acceptors (Lipinski definition) is 7. The number of carbonyl (C=O) groups excluding carboxylic acids is 3. The van der Waals surface area contributed by atoms with Crippen LogP contribution in [0.5, 0.6) is 0 Å². The van der Waals surface area contributed by atoms with E-state index in [1.165, 1.54) is 17.4 Å². The molecule has 9 heteroatoms. The lowest BCUT2D eigenvalue weighted by atomic mass is 10.1. The van der Waals surface area contributed by atoms with E-state index in [4.69, 9.17) is 5.11 Å². The van der Waals surface area contributed by atoms with Crippen molar-refractivity contribution < 1.29 is 19.5 Å². The number of β-amino-alcohol motifs (C(OH)–C–C–N with tert-alkyl or cyclic N) is 1. The largest absolute Gasteiger partial charge is 0.395 e. The van der Waals surface area contributed by atoms with Crippen LogP contribution < -0.4 is 10.6 Å². The summed E-state index contributed by atoms with van der Waals surface area (Å²) >= 11 is 1.33. The van der Waals surface area contributed by atoms with Gasteiger partial charge in [0.1, 0.15) is 5.70 Å². The molecule has 0 atom stereocenters. The van der Waals surface area contributed by atoms with E-state index in [-0.39, 0.29) is 24.8 Å². The number of anilines is 2. The third-order valence-corrected chi connectivity index (χ3v) is 4.60. The molecule has 2 heterocycles. The summed E-state index contributed by atoms with van der Waals surface area (Å²) in [5.74, 6) is -1.03. The summed E-state index contributed by atoms with van der Waals surface area (Å²) in [6.45, 7) is 1.45. The molecule has 0 unspecified atom stereocenters. The van der Waals surface area contributed by atoms with E-state index in [1.807, 2.05) is 11.4 Å². The van der Waals surface area contributed by atoms with Crippen LogP contribution in [0.1, 0.15) is 13.3 Å². The second-order valence-electron chi connectivity index (χ2n) is 5.72. The number of carbonyl (C=O) groups is 3. The molecule has 0 saturated carbocycles. The van der Waals surface area contributed by atoms with E-state index in [1.54, 1.807) is 25.1 Å². The van der Waals surface area contributed by atoms with E-state index in [0.29, 0.717) is 22.9 Å². The number of aliphatic hydroxyl groups excluding tert-OH is 1. The van der Waals surface area contributed by atoms with Gasteiger partial charge in [0.15, 0.2) is 5.13 Å². The molecule has 0 fully saturated rings. The van der Waals surface area contributed by atoms with Crippen molar-refractivity contribution in [2.45, 2.75) is 13.3 Å². The Bertz CT molecular complexity index is 922. The normalized spacial score (nSPS) is 13.7. The van der Waals surface area contributed by atoms with Crippen LogP contribution in [-0.4, -0.2) is 45.9 Å². The maximum atomic E-state index is 12.2. The average molecular weight is 386 g/mol. The molecule has 0 saturated heterocycles. The Balaban J connectivity index is 1.75. The molecule has 0 aliphatic carbocycles.